The van der Waals surface area contributed by atoms with Crippen molar-refractivity contribution >= 4 is 44.7 Å². The van der Waals surface area contributed by atoms with E-state index in [4.69, 9.17) is 11.6 Å². The number of thiophene rings is 1. The Morgan fingerprint density at radius 1 is 1.42 bits per heavy atom. The summed E-state index contributed by atoms with van der Waals surface area (Å²) in [5.74, 6) is 1.69. The van der Waals surface area contributed by atoms with Gasteiger partial charge >= 0.3 is 0 Å². The van der Waals surface area contributed by atoms with Gasteiger partial charge in [-0.3, -0.25) is 0 Å². The highest BCUT2D eigenvalue weighted by Crippen LogP contribution is 2.26. The maximum absolute atomic E-state index is 6.17. The fourth-order valence-corrected chi connectivity index (χ4v) is 3.48. The lowest BCUT2D eigenvalue weighted by Gasteiger charge is -2.20. The van der Waals surface area contributed by atoms with E-state index < -0.39 is 0 Å². The molecule has 19 heavy (non-hydrogen) atoms. The lowest BCUT2D eigenvalue weighted by atomic mass is 10.3. The lowest BCUT2D eigenvalue weighted by Crippen LogP contribution is -2.19. The molecule has 2 rings (SSSR count). The van der Waals surface area contributed by atoms with Crippen LogP contribution in [0.4, 0.5) is 5.82 Å². The first-order valence-electron chi connectivity index (χ1n) is 5.98. The maximum atomic E-state index is 6.17. The Morgan fingerprint density at radius 3 is 2.74 bits per heavy atom. The van der Waals surface area contributed by atoms with Gasteiger partial charge in [0.25, 0.3) is 0 Å². The Balaban J connectivity index is 2.27. The average molecular weight is 361 g/mol. The summed E-state index contributed by atoms with van der Waals surface area (Å²) in [6.07, 6.45) is 0.783. The second kappa shape index (κ2) is 6.20. The normalized spacial score (nSPS) is 10.8. The first kappa shape index (κ1) is 14.8. The van der Waals surface area contributed by atoms with Gasteiger partial charge in [-0.25, -0.2) is 9.97 Å². The zero-order chi connectivity index (χ0) is 14.0. The number of nitrogens with zero attached hydrogens (tertiary/aromatic N) is 3. The molecule has 102 valence electrons. The number of hydrogen-bond acceptors (Lipinski definition) is 4. The van der Waals surface area contributed by atoms with Crippen LogP contribution in [0, 0.1) is 6.92 Å². The number of anilines is 1. The van der Waals surface area contributed by atoms with Gasteiger partial charge in [-0.05, 0) is 28.9 Å². The number of halogens is 2. The number of hydrogen-bond donors (Lipinski definition) is 0. The van der Waals surface area contributed by atoms with Crippen LogP contribution in [0.2, 0.25) is 5.15 Å². The van der Waals surface area contributed by atoms with Crippen LogP contribution < -0.4 is 4.90 Å². The molecule has 0 N–H and O–H groups in total. The van der Waals surface area contributed by atoms with Gasteiger partial charge in [0.2, 0.25) is 0 Å². The van der Waals surface area contributed by atoms with E-state index in [0.717, 1.165) is 34.6 Å². The second-order valence-electron chi connectivity index (χ2n) is 4.32. The van der Waals surface area contributed by atoms with Gasteiger partial charge in [-0.15, -0.1) is 11.3 Å². The third-order valence-electron chi connectivity index (χ3n) is 2.80. The molecule has 6 heteroatoms. The van der Waals surface area contributed by atoms with Crippen molar-refractivity contribution in [3.63, 3.8) is 0 Å². The molecule has 0 aromatic carbocycles. The van der Waals surface area contributed by atoms with E-state index in [-0.39, 0.29) is 0 Å². The van der Waals surface area contributed by atoms with Crippen LogP contribution in [0.1, 0.15) is 23.2 Å². The molecular weight excluding hydrogens is 346 g/mol. The van der Waals surface area contributed by atoms with E-state index >= 15 is 0 Å². The largest absolute Gasteiger partial charge is 0.354 e. The van der Waals surface area contributed by atoms with Gasteiger partial charge < -0.3 is 4.90 Å². The Labute approximate surface area is 130 Å². The first-order chi connectivity index (χ1) is 9.01. The molecule has 2 aromatic heterocycles. The second-order valence-corrected chi connectivity index (χ2v) is 6.59. The topological polar surface area (TPSA) is 29.0 Å². The van der Waals surface area contributed by atoms with Crippen molar-refractivity contribution in [1.82, 2.24) is 9.97 Å². The predicted octanol–water partition coefficient (Wildman–Crippen LogP) is 4.46. The van der Waals surface area contributed by atoms with Crippen LogP contribution in [0.15, 0.2) is 15.9 Å². The number of aryl methyl sites for hydroxylation is 1. The van der Waals surface area contributed by atoms with E-state index in [0.29, 0.717) is 5.15 Å². The van der Waals surface area contributed by atoms with E-state index in [2.05, 4.69) is 42.2 Å². The van der Waals surface area contributed by atoms with Crippen LogP contribution in [0.3, 0.4) is 0 Å². The zero-order valence-corrected chi connectivity index (χ0v) is 14.2. The third-order valence-corrected chi connectivity index (χ3v) is 4.85. The molecule has 0 fully saturated rings. The molecule has 0 aliphatic rings. The SMILES string of the molecule is CCc1nc(Cl)c(C)c(N(C)Cc2cc(Br)cs2)n1. The number of rotatable bonds is 4. The standard InChI is InChI=1S/C13H15BrClN3S/c1-4-11-16-12(15)8(2)13(17-11)18(3)6-10-5-9(14)7-19-10/h5,7H,4,6H2,1-3H3. The van der Waals surface area contributed by atoms with Crippen molar-refractivity contribution in [3.05, 3.63) is 37.3 Å². The fourth-order valence-electron chi connectivity index (χ4n) is 1.80. The average Bonchev–Trinajstić information content (AvgIpc) is 2.77. The Hall–Kier alpha value is -0.650. The van der Waals surface area contributed by atoms with Gasteiger partial charge in [-0.1, -0.05) is 18.5 Å². The van der Waals surface area contributed by atoms with Crippen molar-refractivity contribution < 1.29 is 0 Å². The number of aromatic nitrogens is 2. The van der Waals surface area contributed by atoms with E-state index in [1.165, 1.54) is 4.88 Å². The van der Waals surface area contributed by atoms with Crippen LogP contribution in [0.25, 0.3) is 0 Å². The smallest absolute Gasteiger partial charge is 0.137 e. The molecule has 0 aliphatic heterocycles. The van der Waals surface area contributed by atoms with Gasteiger partial charge in [-0.2, -0.15) is 0 Å². The first-order valence-corrected chi connectivity index (χ1v) is 8.03. The Bertz CT molecular complexity index is 585. The van der Waals surface area contributed by atoms with Gasteiger partial charge in [0.05, 0.1) is 6.54 Å². The van der Waals surface area contributed by atoms with Crippen LogP contribution in [-0.4, -0.2) is 17.0 Å². The molecule has 0 spiro atoms. The molecular formula is C13H15BrClN3S. The van der Waals surface area contributed by atoms with Gasteiger partial charge in [0, 0.05) is 33.8 Å². The molecule has 0 amide bonds. The van der Waals surface area contributed by atoms with E-state index in [1.807, 2.05) is 20.9 Å². The lowest BCUT2D eigenvalue weighted by molar-refractivity contribution is 0.856. The summed E-state index contributed by atoms with van der Waals surface area (Å²) in [6, 6.07) is 2.13. The Morgan fingerprint density at radius 2 is 2.16 bits per heavy atom. The zero-order valence-electron chi connectivity index (χ0n) is 11.1. The molecule has 0 saturated carbocycles. The summed E-state index contributed by atoms with van der Waals surface area (Å²) >= 11 is 11.4. The van der Waals surface area contributed by atoms with E-state index in [9.17, 15) is 0 Å². The van der Waals surface area contributed by atoms with Crippen molar-refractivity contribution in [2.24, 2.45) is 0 Å². The van der Waals surface area contributed by atoms with Crippen LogP contribution in [0.5, 0.6) is 0 Å². The summed E-state index contributed by atoms with van der Waals surface area (Å²) in [5, 5.41) is 2.63. The summed E-state index contributed by atoms with van der Waals surface area (Å²) in [6.45, 7) is 4.80. The molecule has 2 aromatic rings. The highest BCUT2D eigenvalue weighted by Gasteiger charge is 2.13. The molecule has 0 radical (unpaired) electrons. The van der Waals surface area contributed by atoms with Crippen molar-refractivity contribution in [2.45, 2.75) is 26.8 Å². The molecule has 0 atom stereocenters. The molecule has 0 bridgehead atoms. The highest BCUT2D eigenvalue weighted by atomic mass is 79.9. The fraction of sp³-hybridized carbons (Fsp3) is 0.385. The van der Waals surface area contributed by atoms with Gasteiger partial charge in [0.15, 0.2) is 0 Å². The molecule has 0 aliphatic carbocycles. The van der Waals surface area contributed by atoms with E-state index in [1.54, 1.807) is 11.3 Å². The quantitative estimate of drug-likeness (QED) is 0.754. The molecule has 3 nitrogen and oxygen atoms in total. The van der Waals surface area contributed by atoms with Crippen LogP contribution >= 0.6 is 38.9 Å². The molecule has 0 saturated heterocycles. The minimum absolute atomic E-state index is 0.543. The minimum Gasteiger partial charge on any atom is -0.354 e. The van der Waals surface area contributed by atoms with Crippen molar-refractivity contribution in [2.75, 3.05) is 11.9 Å². The maximum Gasteiger partial charge on any atom is 0.137 e. The summed E-state index contributed by atoms with van der Waals surface area (Å²) in [5.41, 5.74) is 0.928. The monoisotopic (exact) mass is 359 g/mol. The molecule has 0 unspecified atom stereocenters. The Kier molecular flexibility index (Phi) is 4.81. The molecule has 2 heterocycles. The summed E-state index contributed by atoms with van der Waals surface area (Å²) in [4.78, 5) is 12.2. The van der Waals surface area contributed by atoms with Crippen LogP contribution in [-0.2, 0) is 13.0 Å². The summed E-state index contributed by atoms with van der Waals surface area (Å²) in [7, 11) is 2.03. The highest BCUT2D eigenvalue weighted by molar-refractivity contribution is 9.10. The van der Waals surface area contributed by atoms with Gasteiger partial charge in [0.1, 0.15) is 16.8 Å². The van der Waals surface area contributed by atoms with Crippen molar-refractivity contribution in [3.8, 4) is 0 Å². The van der Waals surface area contributed by atoms with Crippen molar-refractivity contribution in [1.29, 1.82) is 0 Å². The minimum atomic E-state index is 0.543. The summed E-state index contributed by atoms with van der Waals surface area (Å²) < 4.78 is 1.12. The third kappa shape index (κ3) is 3.46. The predicted molar refractivity (Wildman–Crippen MR) is 85.3 cm³/mol.